The van der Waals surface area contributed by atoms with Crippen LogP contribution in [0.3, 0.4) is 0 Å². The van der Waals surface area contributed by atoms with E-state index >= 15 is 0 Å². The van der Waals surface area contributed by atoms with Gasteiger partial charge in [0.05, 0.1) is 0 Å². The van der Waals surface area contributed by atoms with E-state index in [4.69, 9.17) is 46.4 Å². The average Bonchev–Trinajstić information content (AvgIpc) is 1.54. The van der Waals surface area contributed by atoms with Crippen molar-refractivity contribution in [2.45, 2.75) is 34.3 Å². The monoisotopic (exact) mass is 220 g/mol. The number of hydrogen-bond acceptors (Lipinski definition) is 0. The van der Waals surface area contributed by atoms with Crippen molar-refractivity contribution in [3.8, 4) is 0 Å². The molecule has 0 spiro atoms. The summed E-state index contributed by atoms with van der Waals surface area (Å²) in [6.45, 7) is 0. The lowest BCUT2D eigenvalue weighted by atomic mass is 9.99. The van der Waals surface area contributed by atoms with Gasteiger partial charge in [0.2, 0.25) is 0 Å². The number of rotatable bonds is 0. The molecule has 0 aromatic carbocycles. The van der Waals surface area contributed by atoms with Crippen LogP contribution in [0.2, 0.25) is 0 Å². The average molecular weight is 222 g/mol. The summed E-state index contributed by atoms with van der Waals surface area (Å²) in [5.74, 6) is 0. The summed E-state index contributed by atoms with van der Waals surface area (Å²) in [6, 6.07) is 0. The molecule has 0 bridgehead atoms. The van der Waals surface area contributed by atoms with Crippen LogP contribution in [-0.2, 0) is 0 Å². The molecule has 0 aromatic heterocycles. The Bertz CT molecular complexity index is 111. The lowest BCUT2D eigenvalue weighted by molar-refractivity contribution is 0.491. The summed E-state index contributed by atoms with van der Waals surface area (Å²) in [5, 5.41) is 0.0671. The van der Waals surface area contributed by atoms with Crippen LogP contribution in [0.15, 0.2) is 0 Å². The van der Waals surface area contributed by atoms with Gasteiger partial charge >= 0.3 is 0 Å². The van der Waals surface area contributed by atoms with Gasteiger partial charge in [-0.15, -0.1) is 46.4 Å². The van der Waals surface area contributed by atoms with Crippen molar-refractivity contribution >= 4 is 46.4 Å². The van der Waals surface area contributed by atoms with Gasteiger partial charge in [-0.1, -0.05) is 0 Å². The van der Waals surface area contributed by atoms with E-state index in [9.17, 15) is 0 Å². The van der Waals surface area contributed by atoms with Crippen LogP contribution in [-0.4, -0.2) is 15.1 Å². The van der Waals surface area contributed by atoms with E-state index in [0.29, 0.717) is 12.8 Å². The second-order valence-electron chi connectivity index (χ2n) is 2.69. The first-order chi connectivity index (χ1) is 4.49. The highest BCUT2D eigenvalue weighted by Gasteiger charge is 2.36. The first-order valence-electron chi connectivity index (χ1n) is 3.15. The molecule has 0 amide bonds. The molecule has 0 unspecified atom stereocenters. The van der Waals surface area contributed by atoms with Crippen molar-refractivity contribution in [1.82, 2.24) is 0 Å². The summed E-state index contributed by atoms with van der Waals surface area (Å²) in [6.07, 6.45) is 2.09. The second kappa shape index (κ2) is 3.26. The van der Waals surface area contributed by atoms with Crippen molar-refractivity contribution in [1.29, 1.82) is 0 Å². The fourth-order valence-electron chi connectivity index (χ4n) is 1.18. The molecule has 0 nitrogen and oxygen atoms in total. The summed E-state index contributed by atoms with van der Waals surface area (Å²) in [4.78, 5) is 0. The third-order valence-corrected chi connectivity index (χ3v) is 2.83. The van der Waals surface area contributed by atoms with Crippen molar-refractivity contribution in [2.75, 3.05) is 0 Å². The molecule has 1 fully saturated rings. The van der Waals surface area contributed by atoms with Gasteiger partial charge in [0.15, 0.2) is 0 Å². The third-order valence-electron chi connectivity index (χ3n) is 1.55. The Kier molecular flexibility index (Phi) is 3.02. The Hall–Kier alpha value is 1.16. The standard InChI is InChI=1S/C6H8Cl4/c7-4-1-5(8)3-6(9,10)2-4/h4-5H,1-3H2/t4-,5-/m0/s1. The molecular formula is C6H8Cl4. The molecule has 0 aliphatic heterocycles. The van der Waals surface area contributed by atoms with Crippen LogP contribution in [0, 0.1) is 0 Å². The number of halogens is 4. The minimum Gasteiger partial charge on any atom is -0.123 e. The van der Waals surface area contributed by atoms with Crippen LogP contribution in [0.25, 0.3) is 0 Å². The molecule has 2 atom stereocenters. The van der Waals surface area contributed by atoms with Crippen molar-refractivity contribution < 1.29 is 0 Å². The summed E-state index contributed by atoms with van der Waals surface area (Å²) < 4.78 is -0.697. The fraction of sp³-hybridized carbons (Fsp3) is 1.00. The molecule has 1 saturated carbocycles. The van der Waals surface area contributed by atoms with Crippen molar-refractivity contribution in [3.05, 3.63) is 0 Å². The Balaban J connectivity index is 2.51. The molecular weight excluding hydrogens is 214 g/mol. The van der Waals surface area contributed by atoms with E-state index in [1.165, 1.54) is 0 Å². The predicted octanol–water partition coefficient (Wildman–Crippen LogP) is 3.56. The van der Waals surface area contributed by atoms with Gasteiger partial charge in [-0.05, 0) is 19.3 Å². The maximum Gasteiger partial charge on any atom is 0.121 e. The Morgan fingerprint density at radius 1 is 1.00 bits per heavy atom. The van der Waals surface area contributed by atoms with Crippen LogP contribution in [0.1, 0.15) is 19.3 Å². The number of alkyl halides is 4. The van der Waals surface area contributed by atoms with E-state index < -0.39 is 4.33 Å². The summed E-state index contributed by atoms with van der Waals surface area (Å²) in [5.41, 5.74) is 0. The highest BCUT2D eigenvalue weighted by atomic mass is 35.5. The van der Waals surface area contributed by atoms with Gasteiger partial charge in [0.1, 0.15) is 4.33 Å². The van der Waals surface area contributed by atoms with Gasteiger partial charge in [-0.25, -0.2) is 0 Å². The molecule has 0 N–H and O–H groups in total. The van der Waals surface area contributed by atoms with Crippen LogP contribution < -0.4 is 0 Å². The first-order valence-corrected chi connectivity index (χ1v) is 4.78. The van der Waals surface area contributed by atoms with Gasteiger partial charge < -0.3 is 0 Å². The zero-order valence-electron chi connectivity index (χ0n) is 5.29. The van der Waals surface area contributed by atoms with E-state index in [1.54, 1.807) is 0 Å². The molecule has 0 aromatic rings. The SMILES string of the molecule is Cl[C@H]1C[C@H](Cl)CC(Cl)(Cl)C1. The minimum atomic E-state index is -0.697. The molecule has 0 heterocycles. The maximum absolute atomic E-state index is 5.86. The van der Waals surface area contributed by atoms with Gasteiger partial charge in [-0.3, -0.25) is 0 Å². The van der Waals surface area contributed by atoms with Crippen LogP contribution >= 0.6 is 46.4 Å². The van der Waals surface area contributed by atoms with Gasteiger partial charge in [0.25, 0.3) is 0 Å². The molecule has 1 aliphatic rings. The van der Waals surface area contributed by atoms with Crippen LogP contribution in [0.5, 0.6) is 0 Å². The van der Waals surface area contributed by atoms with Crippen molar-refractivity contribution in [3.63, 3.8) is 0 Å². The molecule has 10 heavy (non-hydrogen) atoms. The lowest BCUT2D eigenvalue weighted by Gasteiger charge is -2.31. The molecule has 60 valence electrons. The van der Waals surface area contributed by atoms with Crippen molar-refractivity contribution in [2.24, 2.45) is 0 Å². The Morgan fingerprint density at radius 2 is 1.40 bits per heavy atom. The molecule has 4 heteroatoms. The van der Waals surface area contributed by atoms with E-state index in [-0.39, 0.29) is 10.8 Å². The molecule has 1 aliphatic carbocycles. The molecule has 1 rings (SSSR count). The Labute approximate surface area is 80.8 Å². The summed E-state index contributed by atoms with van der Waals surface area (Å²) in [7, 11) is 0. The fourth-order valence-corrected chi connectivity index (χ4v) is 3.28. The van der Waals surface area contributed by atoms with E-state index in [2.05, 4.69) is 0 Å². The Morgan fingerprint density at radius 3 is 1.70 bits per heavy atom. The normalized spacial score (nSPS) is 39.6. The summed E-state index contributed by atoms with van der Waals surface area (Å²) >= 11 is 23.4. The van der Waals surface area contributed by atoms with E-state index in [0.717, 1.165) is 6.42 Å². The smallest absolute Gasteiger partial charge is 0.121 e. The largest absolute Gasteiger partial charge is 0.123 e. The zero-order valence-corrected chi connectivity index (χ0v) is 8.31. The zero-order chi connectivity index (χ0) is 7.78. The molecule has 0 radical (unpaired) electrons. The maximum atomic E-state index is 5.86. The highest BCUT2D eigenvalue weighted by Crippen LogP contribution is 2.41. The lowest BCUT2D eigenvalue weighted by Crippen LogP contribution is -2.30. The predicted molar refractivity (Wildman–Crippen MR) is 47.6 cm³/mol. The van der Waals surface area contributed by atoms with Gasteiger partial charge in [0, 0.05) is 10.8 Å². The third kappa shape index (κ3) is 2.65. The number of hydrogen-bond donors (Lipinski definition) is 0. The van der Waals surface area contributed by atoms with E-state index in [1.807, 2.05) is 0 Å². The first kappa shape index (κ1) is 9.25. The van der Waals surface area contributed by atoms with Crippen LogP contribution in [0.4, 0.5) is 0 Å². The second-order valence-corrected chi connectivity index (χ2v) is 5.57. The highest BCUT2D eigenvalue weighted by molar-refractivity contribution is 6.49. The van der Waals surface area contributed by atoms with Gasteiger partial charge in [-0.2, -0.15) is 0 Å². The quantitative estimate of drug-likeness (QED) is 0.549. The molecule has 0 saturated heterocycles. The minimum absolute atomic E-state index is 0.0336. The topological polar surface area (TPSA) is 0 Å².